The molecule has 0 radical (unpaired) electrons. The third kappa shape index (κ3) is 2.49. The summed E-state index contributed by atoms with van der Waals surface area (Å²) in [5, 5.41) is 0. The summed E-state index contributed by atoms with van der Waals surface area (Å²) in [6, 6.07) is 0. The van der Waals surface area contributed by atoms with Crippen LogP contribution in [-0.4, -0.2) is 31.4 Å². The summed E-state index contributed by atoms with van der Waals surface area (Å²) in [7, 11) is 3.90. The summed E-state index contributed by atoms with van der Waals surface area (Å²) in [6.45, 7) is 5.29. The van der Waals surface area contributed by atoms with E-state index in [4.69, 9.17) is 0 Å². The molecule has 0 amide bonds. The molecule has 0 fully saturated rings. The third-order valence-electron chi connectivity index (χ3n) is 1.49. The van der Waals surface area contributed by atoms with Crippen LogP contribution in [0.3, 0.4) is 0 Å². The van der Waals surface area contributed by atoms with Gasteiger partial charge in [0.1, 0.15) is 0 Å². The van der Waals surface area contributed by atoms with E-state index in [0.717, 1.165) is 13.0 Å². The van der Waals surface area contributed by atoms with Crippen LogP contribution in [-0.2, 0) is 0 Å². The highest BCUT2D eigenvalue weighted by Gasteiger charge is 1.97. The Morgan fingerprint density at radius 3 is 2.11 bits per heavy atom. The average molecular weight is 128 g/mol. The van der Waals surface area contributed by atoms with Crippen molar-refractivity contribution >= 4 is 5.84 Å². The van der Waals surface area contributed by atoms with E-state index in [-0.39, 0.29) is 0 Å². The molecule has 0 aliphatic heterocycles. The van der Waals surface area contributed by atoms with Crippen LogP contribution in [0.1, 0.15) is 20.3 Å². The van der Waals surface area contributed by atoms with Crippen molar-refractivity contribution in [2.24, 2.45) is 4.99 Å². The second-order valence-electron chi connectivity index (χ2n) is 2.01. The van der Waals surface area contributed by atoms with Crippen LogP contribution in [0.15, 0.2) is 4.99 Å². The Bertz CT molecular complexity index is 97.1. The highest BCUT2D eigenvalue weighted by atomic mass is 15.1. The van der Waals surface area contributed by atoms with Crippen LogP contribution >= 0.6 is 0 Å². The Hall–Kier alpha value is -0.530. The molecule has 54 valence electrons. The molecule has 0 N–H and O–H groups in total. The van der Waals surface area contributed by atoms with Crippen LogP contribution in [0.5, 0.6) is 0 Å². The van der Waals surface area contributed by atoms with Crippen molar-refractivity contribution in [3.63, 3.8) is 0 Å². The highest BCUT2D eigenvalue weighted by molar-refractivity contribution is 5.81. The topological polar surface area (TPSA) is 15.6 Å². The van der Waals surface area contributed by atoms with Gasteiger partial charge < -0.3 is 4.90 Å². The molecule has 0 rings (SSSR count). The standard InChI is InChI=1S/C7H16N2/c1-5-7(8-3)9(4)6-2/h5-6H2,1-4H3. The van der Waals surface area contributed by atoms with Gasteiger partial charge in [0.15, 0.2) is 0 Å². The molecule has 0 unspecified atom stereocenters. The maximum atomic E-state index is 4.12. The second kappa shape index (κ2) is 4.36. The first-order valence-electron chi connectivity index (χ1n) is 3.43. The average Bonchev–Trinajstić information content (AvgIpc) is 1.90. The van der Waals surface area contributed by atoms with Gasteiger partial charge in [0, 0.05) is 27.1 Å². The lowest BCUT2D eigenvalue weighted by molar-refractivity contribution is 0.523. The Morgan fingerprint density at radius 2 is 2.00 bits per heavy atom. The number of rotatable bonds is 2. The quantitative estimate of drug-likeness (QED) is 0.405. The lowest BCUT2D eigenvalue weighted by Gasteiger charge is -2.16. The molecule has 0 aliphatic carbocycles. The summed E-state index contributed by atoms with van der Waals surface area (Å²) in [6.07, 6.45) is 1.03. The van der Waals surface area contributed by atoms with E-state index < -0.39 is 0 Å². The Balaban J connectivity index is 3.80. The van der Waals surface area contributed by atoms with E-state index in [1.807, 2.05) is 7.05 Å². The van der Waals surface area contributed by atoms with Gasteiger partial charge in [0.05, 0.1) is 5.84 Å². The number of hydrogen-bond donors (Lipinski definition) is 0. The largest absolute Gasteiger partial charge is 0.364 e. The maximum absolute atomic E-state index is 4.12. The van der Waals surface area contributed by atoms with Crippen LogP contribution in [0.2, 0.25) is 0 Å². The predicted molar refractivity (Wildman–Crippen MR) is 42.0 cm³/mol. The zero-order chi connectivity index (χ0) is 7.28. The minimum absolute atomic E-state index is 1.03. The molecular formula is C7H16N2. The van der Waals surface area contributed by atoms with Gasteiger partial charge in [-0.3, -0.25) is 4.99 Å². The molecule has 0 aromatic heterocycles. The van der Waals surface area contributed by atoms with Crippen molar-refractivity contribution in [2.45, 2.75) is 20.3 Å². The molecule has 9 heavy (non-hydrogen) atoms. The van der Waals surface area contributed by atoms with E-state index in [9.17, 15) is 0 Å². The molecular weight excluding hydrogens is 112 g/mol. The van der Waals surface area contributed by atoms with Gasteiger partial charge in [-0.1, -0.05) is 6.92 Å². The summed E-state index contributed by atoms with van der Waals surface area (Å²) in [5.74, 6) is 1.18. The fourth-order valence-electron chi connectivity index (χ4n) is 0.781. The van der Waals surface area contributed by atoms with Gasteiger partial charge in [0.25, 0.3) is 0 Å². The molecule has 0 saturated heterocycles. The zero-order valence-corrected chi connectivity index (χ0v) is 6.81. The number of aliphatic imine (C=N–C) groups is 1. The molecule has 0 bridgehead atoms. The van der Waals surface area contributed by atoms with Crippen molar-refractivity contribution in [2.75, 3.05) is 20.6 Å². The summed E-state index contributed by atoms with van der Waals surface area (Å²) < 4.78 is 0. The normalized spacial score (nSPS) is 11.8. The third-order valence-corrected chi connectivity index (χ3v) is 1.49. The first-order chi connectivity index (χ1) is 4.26. The lowest BCUT2D eigenvalue weighted by Crippen LogP contribution is -2.25. The molecule has 2 heteroatoms. The predicted octanol–water partition coefficient (Wildman–Crippen LogP) is 1.38. The van der Waals surface area contributed by atoms with Crippen LogP contribution < -0.4 is 0 Å². The molecule has 0 spiro atoms. The Kier molecular flexibility index (Phi) is 4.10. The number of amidine groups is 1. The zero-order valence-electron chi connectivity index (χ0n) is 6.81. The molecule has 0 atom stereocenters. The number of nitrogens with zero attached hydrogens (tertiary/aromatic N) is 2. The molecule has 0 heterocycles. The van der Waals surface area contributed by atoms with Gasteiger partial charge in [-0.25, -0.2) is 0 Å². The summed E-state index contributed by atoms with van der Waals surface area (Å²) >= 11 is 0. The van der Waals surface area contributed by atoms with Gasteiger partial charge in [-0.15, -0.1) is 0 Å². The van der Waals surface area contributed by atoms with Crippen LogP contribution in [0.4, 0.5) is 0 Å². The molecule has 0 aromatic carbocycles. The SMILES string of the molecule is CCC(=NC)N(C)CC. The first-order valence-corrected chi connectivity index (χ1v) is 3.43. The minimum atomic E-state index is 1.03. The minimum Gasteiger partial charge on any atom is -0.364 e. The smallest absolute Gasteiger partial charge is 0.0979 e. The van der Waals surface area contributed by atoms with Crippen LogP contribution in [0.25, 0.3) is 0 Å². The Labute approximate surface area is 57.6 Å². The van der Waals surface area contributed by atoms with E-state index in [1.54, 1.807) is 0 Å². The molecule has 2 nitrogen and oxygen atoms in total. The van der Waals surface area contributed by atoms with E-state index in [2.05, 4.69) is 30.8 Å². The highest BCUT2D eigenvalue weighted by Crippen LogP contribution is 1.90. The van der Waals surface area contributed by atoms with Gasteiger partial charge in [-0.2, -0.15) is 0 Å². The molecule has 0 aliphatic rings. The molecule has 0 saturated carbocycles. The van der Waals surface area contributed by atoms with Crippen molar-refractivity contribution in [3.8, 4) is 0 Å². The lowest BCUT2D eigenvalue weighted by atomic mass is 10.4. The van der Waals surface area contributed by atoms with Crippen molar-refractivity contribution in [1.82, 2.24) is 4.90 Å². The summed E-state index contributed by atoms with van der Waals surface area (Å²) in [5.41, 5.74) is 0. The van der Waals surface area contributed by atoms with Gasteiger partial charge in [-0.05, 0) is 6.92 Å². The maximum Gasteiger partial charge on any atom is 0.0979 e. The van der Waals surface area contributed by atoms with Gasteiger partial charge >= 0.3 is 0 Å². The van der Waals surface area contributed by atoms with Gasteiger partial charge in [0.2, 0.25) is 0 Å². The van der Waals surface area contributed by atoms with E-state index in [0.29, 0.717) is 0 Å². The fraction of sp³-hybridized carbons (Fsp3) is 0.857. The van der Waals surface area contributed by atoms with Crippen molar-refractivity contribution in [3.05, 3.63) is 0 Å². The van der Waals surface area contributed by atoms with Crippen LogP contribution in [0, 0.1) is 0 Å². The second-order valence-corrected chi connectivity index (χ2v) is 2.01. The van der Waals surface area contributed by atoms with Crippen molar-refractivity contribution in [1.29, 1.82) is 0 Å². The monoisotopic (exact) mass is 128 g/mol. The van der Waals surface area contributed by atoms with Crippen molar-refractivity contribution < 1.29 is 0 Å². The fourth-order valence-corrected chi connectivity index (χ4v) is 0.781. The summed E-state index contributed by atoms with van der Waals surface area (Å²) in [4.78, 5) is 6.27. The van der Waals surface area contributed by atoms with E-state index >= 15 is 0 Å². The van der Waals surface area contributed by atoms with E-state index in [1.165, 1.54) is 5.84 Å². The molecule has 0 aromatic rings. The first kappa shape index (κ1) is 8.47. The number of hydrogen-bond acceptors (Lipinski definition) is 1. The Morgan fingerprint density at radius 1 is 1.44 bits per heavy atom.